The number of rotatable bonds is 8. The third kappa shape index (κ3) is 5.21. The molecule has 188 valence electrons. The van der Waals surface area contributed by atoms with Crippen molar-refractivity contribution in [3.63, 3.8) is 0 Å². The van der Waals surface area contributed by atoms with Crippen molar-refractivity contribution in [2.45, 2.75) is 46.3 Å². The Morgan fingerprint density at radius 3 is 2.50 bits per heavy atom. The number of nitrogens with zero attached hydrogens (tertiary/aromatic N) is 1. The highest BCUT2D eigenvalue weighted by atomic mass is 16.5. The molecule has 0 aliphatic carbocycles. The summed E-state index contributed by atoms with van der Waals surface area (Å²) in [7, 11) is 1.68. The summed E-state index contributed by atoms with van der Waals surface area (Å²) in [6.45, 7) is 8.40. The number of pyridine rings is 1. The number of H-pyrrole nitrogens is 1. The number of carbonyl (C=O) groups is 1. The van der Waals surface area contributed by atoms with E-state index in [2.05, 4.69) is 10.3 Å². The van der Waals surface area contributed by atoms with Crippen LogP contribution in [-0.2, 0) is 19.2 Å². The second-order valence-electron chi connectivity index (χ2n) is 9.72. The fraction of sp³-hybridized carbons (Fsp3) is 0.310. The van der Waals surface area contributed by atoms with E-state index in [9.17, 15) is 14.7 Å². The molecule has 2 aromatic heterocycles. The van der Waals surface area contributed by atoms with Gasteiger partial charge < -0.3 is 24.7 Å². The summed E-state index contributed by atoms with van der Waals surface area (Å²) in [5.41, 5.74) is 3.69. The molecule has 0 fully saturated rings. The number of amides is 1. The molecule has 0 aliphatic heterocycles. The van der Waals surface area contributed by atoms with Crippen LogP contribution in [0.4, 0.5) is 0 Å². The van der Waals surface area contributed by atoms with E-state index in [0.717, 1.165) is 34.2 Å². The van der Waals surface area contributed by atoms with Gasteiger partial charge in [-0.25, -0.2) is 0 Å². The lowest BCUT2D eigenvalue weighted by molar-refractivity contribution is 0.0785. The summed E-state index contributed by atoms with van der Waals surface area (Å²) < 4.78 is 7.51. The lowest BCUT2D eigenvalue weighted by Crippen LogP contribution is -2.23. The first-order valence-electron chi connectivity index (χ1n) is 12.1. The van der Waals surface area contributed by atoms with Crippen LogP contribution in [0, 0.1) is 6.92 Å². The van der Waals surface area contributed by atoms with Crippen LogP contribution in [0.5, 0.6) is 5.75 Å². The number of ether oxygens (including phenoxy) is 1. The van der Waals surface area contributed by atoms with E-state index in [1.165, 1.54) is 4.57 Å². The van der Waals surface area contributed by atoms with E-state index in [1.807, 2.05) is 56.3 Å². The number of aromatic amines is 1. The van der Waals surface area contributed by atoms with Gasteiger partial charge in [0, 0.05) is 36.3 Å². The lowest BCUT2D eigenvalue weighted by Gasteiger charge is -2.21. The molecule has 1 amide bonds. The lowest BCUT2D eigenvalue weighted by atomic mass is 9.93. The predicted molar refractivity (Wildman–Crippen MR) is 142 cm³/mol. The average Bonchev–Trinajstić information content (AvgIpc) is 3.30. The number of carbonyl (C=O) groups excluding carboxylic acids is 1. The van der Waals surface area contributed by atoms with Gasteiger partial charge in [-0.3, -0.25) is 9.59 Å². The summed E-state index contributed by atoms with van der Waals surface area (Å²) in [5.74, 6) is 0.351. The van der Waals surface area contributed by atoms with E-state index in [-0.39, 0.29) is 11.5 Å². The first kappa shape index (κ1) is 25.3. The number of nitrogens with one attached hydrogen (secondary N) is 2. The Labute approximate surface area is 210 Å². The second-order valence-corrected chi connectivity index (χ2v) is 9.72. The molecule has 0 unspecified atom stereocenters. The Bertz CT molecular complexity index is 1460. The van der Waals surface area contributed by atoms with Gasteiger partial charge in [-0.15, -0.1) is 0 Å². The first-order valence-corrected chi connectivity index (χ1v) is 12.1. The van der Waals surface area contributed by atoms with Crippen LogP contribution < -0.4 is 15.6 Å². The normalized spacial score (nSPS) is 11.6. The molecular weight excluding hydrogens is 454 g/mol. The third-order valence-electron chi connectivity index (χ3n) is 6.22. The highest BCUT2D eigenvalue weighted by Gasteiger charge is 2.22. The van der Waals surface area contributed by atoms with Gasteiger partial charge in [0.05, 0.1) is 12.2 Å². The molecule has 0 aliphatic rings. The monoisotopic (exact) mass is 487 g/mol. The Morgan fingerprint density at radius 2 is 1.83 bits per heavy atom. The van der Waals surface area contributed by atoms with Crippen LogP contribution >= 0.6 is 0 Å². The Hall–Kier alpha value is -3.84. The van der Waals surface area contributed by atoms with Crippen molar-refractivity contribution >= 4 is 16.8 Å². The van der Waals surface area contributed by atoms with Crippen LogP contribution in [0.25, 0.3) is 22.0 Å². The smallest absolute Gasteiger partial charge is 0.274 e. The fourth-order valence-corrected chi connectivity index (χ4v) is 4.11. The number of aromatic nitrogens is 2. The molecule has 0 atom stereocenters. The Morgan fingerprint density at radius 1 is 1.11 bits per heavy atom. The zero-order chi connectivity index (χ0) is 26.0. The number of hydrogen-bond donors (Lipinski definition) is 3. The number of aryl methyl sites for hydroxylation is 2. The molecule has 0 radical (unpaired) electrons. The van der Waals surface area contributed by atoms with Crippen molar-refractivity contribution in [2.75, 3.05) is 6.61 Å². The largest absolute Gasteiger partial charge is 0.493 e. The molecule has 7 nitrogen and oxygen atoms in total. The molecule has 0 bridgehead atoms. The fourth-order valence-electron chi connectivity index (χ4n) is 4.11. The van der Waals surface area contributed by atoms with Crippen molar-refractivity contribution < 1.29 is 14.6 Å². The molecule has 2 heterocycles. The maximum atomic E-state index is 13.0. The van der Waals surface area contributed by atoms with Crippen molar-refractivity contribution in [1.82, 2.24) is 14.9 Å². The van der Waals surface area contributed by atoms with E-state index in [1.54, 1.807) is 33.2 Å². The van der Waals surface area contributed by atoms with E-state index in [4.69, 9.17) is 4.74 Å². The van der Waals surface area contributed by atoms with Gasteiger partial charge in [0.2, 0.25) is 0 Å². The quantitative estimate of drug-likeness (QED) is 0.333. The van der Waals surface area contributed by atoms with Crippen molar-refractivity contribution in [2.24, 2.45) is 7.05 Å². The van der Waals surface area contributed by atoms with E-state index < -0.39 is 5.60 Å². The summed E-state index contributed by atoms with van der Waals surface area (Å²) in [4.78, 5) is 29.0. The Balaban J connectivity index is 1.79. The van der Waals surface area contributed by atoms with E-state index >= 15 is 0 Å². The van der Waals surface area contributed by atoms with Crippen LogP contribution in [0.15, 0.2) is 59.5 Å². The van der Waals surface area contributed by atoms with Gasteiger partial charge in [0.1, 0.15) is 17.0 Å². The van der Waals surface area contributed by atoms with E-state index in [0.29, 0.717) is 35.5 Å². The molecule has 7 heteroatoms. The summed E-state index contributed by atoms with van der Waals surface area (Å²) in [5, 5.41) is 14.2. The molecule has 2 aromatic carbocycles. The van der Waals surface area contributed by atoms with Crippen LogP contribution in [0.2, 0.25) is 0 Å². The predicted octanol–water partition coefficient (Wildman–Crippen LogP) is 4.79. The summed E-state index contributed by atoms with van der Waals surface area (Å²) in [6, 6.07) is 15.2. The molecule has 0 saturated heterocycles. The van der Waals surface area contributed by atoms with Crippen LogP contribution in [0.3, 0.4) is 0 Å². The third-order valence-corrected chi connectivity index (χ3v) is 6.22. The van der Waals surface area contributed by atoms with Crippen LogP contribution in [0.1, 0.15) is 54.4 Å². The van der Waals surface area contributed by atoms with Gasteiger partial charge in [-0.1, -0.05) is 42.8 Å². The minimum Gasteiger partial charge on any atom is -0.493 e. The minimum absolute atomic E-state index is 0.235. The molecule has 3 N–H and O–H groups in total. The number of benzene rings is 2. The maximum Gasteiger partial charge on any atom is 0.274 e. The van der Waals surface area contributed by atoms with Crippen molar-refractivity contribution in [3.05, 3.63) is 87.5 Å². The van der Waals surface area contributed by atoms with Gasteiger partial charge in [-0.2, -0.15) is 0 Å². The second kappa shape index (κ2) is 10.0. The average molecular weight is 488 g/mol. The van der Waals surface area contributed by atoms with Crippen LogP contribution in [-0.4, -0.2) is 27.2 Å². The van der Waals surface area contributed by atoms with Gasteiger partial charge in [0.25, 0.3) is 11.5 Å². The zero-order valence-corrected chi connectivity index (χ0v) is 21.4. The highest BCUT2D eigenvalue weighted by Crippen LogP contribution is 2.37. The molecule has 36 heavy (non-hydrogen) atoms. The topological polar surface area (TPSA) is 96.3 Å². The molecule has 4 aromatic rings. The maximum absolute atomic E-state index is 13.0. The SMILES string of the molecule is CCCOc1ccc(C(C)(C)O)cc1-c1cn(C)c(=O)c2[nH]c(C(=O)NCc3ccc(C)cc3)cc12. The van der Waals surface area contributed by atoms with Gasteiger partial charge >= 0.3 is 0 Å². The van der Waals surface area contributed by atoms with Crippen molar-refractivity contribution in [3.8, 4) is 16.9 Å². The number of hydrogen-bond acceptors (Lipinski definition) is 4. The summed E-state index contributed by atoms with van der Waals surface area (Å²) in [6.07, 6.45) is 2.58. The zero-order valence-electron chi connectivity index (χ0n) is 21.4. The standard InChI is InChI=1S/C29H33N3O4/c1-6-13-36-25-12-11-20(29(3,4)35)14-21(25)23-17-32(5)28(34)26-22(23)15-24(31-26)27(33)30-16-19-9-7-18(2)8-10-19/h7-12,14-15,17,31,35H,6,13,16H2,1-5H3,(H,30,33). The van der Waals surface area contributed by atoms with Gasteiger partial charge in [0.15, 0.2) is 0 Å². The summed E-state index contributed by atoms with van der Waals surface area (Å²) >= 11 is 0. The number of fused-ring (bicyclic) bond motifs is 1. The molecule has 4 rings (SSSR count). The first-order chi connectivity index (χ1) is 17.1. The van der Waals surface area contributed by atoms with Crippen molar-refractivity contribution in [1.29, 1.82) is 0 Å². The number of aliphatic hydroxyl groups is 1. The van der Waals surface area contributed by atoms with Gasteiger partial charge in [-0.05, 0) is 56.5 Å². The minimum atomic E-state index is -1.06. The molecule has 0 saturated carbocycles. The molecule has 0 spiro atoms. The Kier molecular flexibility index (Phi) is 7.04. The highest BCUT2D eigenvalue weighted by molar-refractivity contribution is 6.03. The molecular formula is C29H33N3O4.